The molecule has 0 fully saturated rings. The minimum absolute atomic E-state index is 0.00256. The Morgan fingerprint density at radius 1 is 1.33 bits per heavy atom. The number of carbonyl (C=O) groups excluding carboxylic acids is 1. The molecule has 1 rings (SSSR count). The first kappa shape index (κ1) is 14.9. The lowest BCUT2D eigenvalue weighted by Gasteiger charge is -2.02. The highest BCUT2D eigenvalue weighted by atomic mass is 79.9. The van der Waals surface area contributed by atoms with Gasteiger partial charge < -0.3 is 15.2 Å². The first-order valence-electron chi connectivity index (χ1n) is 5.62. The Balaban J connectivity index is 2.25. The Hall–Kier alpha value is -1.17. The molecule has 0 bridgehead atoms. The molecule has 2 N–H and O–H groups in total. The van der Waals surface area contributed by atoms with Gasteiger partial charge in [0.15, 0.2) is 0 Å². The number of rotatable bonds is 7. The zero-order valence-corrected chi connectivity index (χ0v) is 11.5. The number of hydrogen-bond donors (Lipinski definition) is 2. The van der Waals surface area contributed by atoms with Crippen LogP contribution in [0.3, 0.4) is 0 Å². The van der Waals surface area contributed by atoms with Crippen LogP contribution in [0.15, 0.2) is 34.8 Å². The summed E-state index contributed by atoms with van der Waals surface area (Å²) in [6.45, 7) is 1.13. The first-order chi connectivity index (χ1) is 8.72. The maximum Gasteiger partial charge on any atom is 0.244 e. The highest BCUT2D eigenvalue weighted by Gasteiger charge is 1.95. The number of carbonyl (C=O) groups is 1. The van der Waals surface area contributed by atoms with E-state index in [9.17, 15) is 4.79 Å². The SMILES string of the molecule is O=C(/C=C/c1ccc(Br)cc1)NCCOCCO. The molecular weight excluding hydrogens is 298 g/mol. The number of benzene rings is 1. The zero-order valence-electron chi connectivity index (χ0n) is 9.93. The fourth-order valence-electron chi connectivity index (χ4n) is 1.22. The maximum absolute atomic E-state index is 11.4. The minimum Gasteiger partial charge on any atom is -0.394 e. The fraction of sp³-hybridized carbons (Fsp3) is 0.308. The van der Waals surface area contributed by atoms with E-state index < -0.39 is 0 Å². The number of amides is 1. The van der Waals surface area contributed by atoms with Gasteiger partial charge in [0.05, 0.1) is 19.8 Å². The molecule has 0 heterocycles. The first-order valence-corrected chi connectivity index (χ1v) is 6.42. The molecule has 4 nitrogen and oxygen atoms in total. The zero-order chi connectivity index (χ0) is 13.2. The van der Waals surface area contributed by atoms with Gasteiger partial charge in [-0.2, -0.15) is 0 Å². The monoisotopic (exact) mass is 313 g/mol. The Morgan fingerprint density at radius 2 is 2.06 bits per heavy atom. The normalized spacial score (nSPS) is 10.8. The molecule has 18 heavy (non-hydrogen) atoms. The van der Waals surface area contributed by atoms with E-state index in [2.05, 4.69) is 21.2 Å². The van der Waals surface area contributed by atoms with E-state index in [0.717, 1.165) is 10.0 Å². The van der Waals surface area contributed by atoms with E-state index in [1.54, 1.807) is 6.08 Å². The summed E-state index contributed by atoms with van der Waals surface area (Å²) in [5, 5.41) is 11.2. The number of halogens is 1. The van der Waals surface area contributed by atoms with Crippen LogP contribution in [-0.4, -0.2) is 37.4 Å². The molecule has 0 aromatic heterocycles. The van der Waals surface area contributed by atoms with E-state index in [1.807, 2.05) is 24.3 Å². The number of aliphatic hydroxyl groups excluding tert-OH is 1. The summed E-state index contributed by atoms with van der Waals surface area (Å²) in [7, 11) is 0. The molecule has 0 radical (unpaired) electrons. The van der Waals surface area contributed by atoms with Crippen LogP contribution < -0.4 is 5.32 Å². The second-order valence-electron chi connectivity index (χ2n) is 3.51. The predicted octanol–water partition coefficient (Wildman–Crippen LogP) is 1.59. The Morgan fingerprint density at radius 3 is 2.72 bits per heavy atom. The van der Waals surface area contributed by atoms with Gasteiger partial charge in [0.1, 0.15) is 0 Å². The summed E-state index contributed by atoms with van der Waals surface area (Å²) in [5.74, 6) is -0.162. The Bertz CT molecular complexity index is 390. The third kappa shape index (κ3) is 6.54. The summed E-state index contributed by atoms with van der Waals surface area (Å²) < 4.78 is 6.02. The molecule has 0 unspecified atom stereocenters. The third-order valence-corrected chi connectivity index (χ3v) is 2.61. The van der Waals surface area contributed by atoms with Gasteiger partial charge in [-0.15, -0.1) is 0 Å². The van der Waals surface area contributed by atoms with E-state index in [1.165, 1.54) is 6.08 Å². The maximum atomic E-state index is 11.4. The molecule has 1 aromatic carbocycles. The number of ether oxygens (including phenoxy) is 1. The van der Waals surface area contributed by atoms with Crippen molar-refractivity contribution >= 4 is 27.9 Å². The third-order valence-electron chi connectivity index (χ3n) is 2.08. The average molecular weight is 314 g/mol. The van der Waals surface area contributed by atoms with E-state index >= 15 is 0 Å². The smallest absolute Gasteiger partial charge is 0.244 e. The van der Waals surface area contributed by atoms with Crippen molar-refractivity contribution in [2.24, 2.45) is 0 Å². The van der Waals surface area contributed by atoms with E-state index in [4.69, 9.17) is 9.84 Å². The lowest BCUT2D eigenvalue weighted by Crippen LogP contribution is -2.25. The summed E-state index contributed by atoms with van der Waals surface area (Å²) >= 11 is 3.35. The van der Waals surface area contributed by atoms with Gasteiger partial charge in [-0.05, 0) is 23.8 Å². The van der Waals surface area contributed by atoms with Gasteiger partial charge in [0.2, 0.25) is 5.91 Å². The molecule has 0 spiro atoms. The highest BCUT2D eigenvalue weighted by molar-refractivity contribution is 9.10. The Kier molecular flexibility index (Phi) is 7.32. The van der Waals surface area contributed by atoms with Crippen molar-refractivity contribution in [1.82, 2.24) is 5.32 Å². The van der Waals surface area contributed by atoms with Crippen molar-refractivity contribution in [2.45, 2.75) is 0 Å². The van der Waals surface area contributed by atoms with Crippen LogP contribution in [0.25, 0.3) is 6.08 Å². The standard InChI is InChI=1S/C13H16BrNO3/c14-12-4-1-11(2-5-12)3-6-13(17)15-7-9-18-10-8-16/h1-6,16H,7-10H2,(H,15,17)/b6-3+. The quantitative estimate of drug-likeness (QED) is 0.593. The van der Waals surface area contributed by atoms with Crippen molar-refractivity contribution in [2.75, 3.05) is 26.4 Å². The van der Waals surface area contributed by atoms with Crippen molar-refractivity contribution in [3.8, 4) is 0 Å². The van der Waals surface area contributed by atoms with E-state index in [-0.39, 0.29) is 12.5 Å². The lowest BCUT2D eigenvalue weighted by atomic mass is 10.2. The van der Waals surface area contributed by atoms with Crippen molar-refractivity contribution in [3.63, 3.8) is 0 Å². The molecule has 1 aromatic rings. The van der Waals surface area contributed by atoms with E-state index in [0.29, 0.717) is 19.8 Å². The van der Waals surface area contributed by atoms with Gasteiger partial charge in [0.25, 0.3) is 0 Å². The van der Waals surface area contributed by atoms with Gasteiger partial charge in [-0.3, -0.25) is 4.79 Å². The van der Waals surface area contributed by atoms with Crippen molar-refractivity contribution < 1.29 is 14.6 Å². The van der Waals surface area contributed by atoms with Crippen molar-refractivity contribution in [3.05, 3.63) is 40.4 Å². The topological polar surface area (TPSA) is 58.6 Å². The predicted molar refractivity (Wildman–Crippen MR) is 74.1 cm³/mol. The van der Waals surface area contributed by atoms with Crippen LogP contribution >= 0.6 is 15.9 Å². The van der Waals surface area contributed by atoms with Crippen LogP contribution in [0.5, 0.6) is 0 Å². The molecule has 1 amide bonds. The molecule has 0 saturated carbocycles. The van der Waals surface area contributed by atoms with Crippen LogP contribution in [0.4, 0.5) is 0 Å². The number of hydrogen-bond acceptors (Lipinski definition) is 3. The summed E-state index contributed by atoms with van der Waals surface area (Å²) in [4.78, 5) is 11.4. The number of aliphatic hydroxyl groups is 1. The molecule has 5 heteroatoms. The van der Waals surface area contributed by atoms with Crippen LogP contribution in [0.1, 0.15) is 5.56 Å². The molecule has 98 valence electrons. The van der Waals surface area contributed by atoms with Gasteiger partial charge in [0, 0.05) is 17.1 Å². The largest absolute Gasteiger partial charge is 0.394 e. The molecule has 0 atom stereocenters. The summed E-state index contributed by atoms with van der Waals surface area (Å²) in [6.07, 6.45) is 3.23. The summed E-state index contributed by atoms with van der Waals surface area (Å²) in [6, 6.07) is 7.66. The molecule has 0 saturated heterocycles. The minimum atomic E-state index is -0.162. The van der Waals surface area contributed by atoms with Crippen molar-refractivity contribution in [1.29, 1.82) is 0 Å². The Labute approximate surface area is 115 Å². The van der Waals surface area contributed by atoms with Gasteiger partial charge in [-0.25, -0.2) is 0 Å². The van der Waals surface area contributed by atoms with Crippen LogP contribution in [-0.2, 0) is 9.53 Å². The fourth-order valence-corrected chi connectivity index (χ4v) is 1.48. The van der Waals surface area contributed by atoms with Gasteiger partial charge in [-0.1, -0.05) is 28.1 Å². The molecule has 0 aliphatic rings. The van der Waals surface area contributed by atoms with Gasteiger partial charge >= 0.3 is 0 Å². The lowest BCUT2D eigenvalue weighted by molar-refractivity contribution is -0.116. The molecule has 0 aliphatic heterocycles. The molecule has 0 aliphatic carbocycles. The van der Waals surface area contributed by atoms with Crippen LogP contribution in [0, 0.1) is 0 Å². The number of nitrogens with one attached hydrogen (secondary N) is 1. The second-order valence-corrected chi connectivity index (χ2v) is 4.43. The summed E-state index contributed by atoms with van der Waals surface area (Å²) in [5.41, 5.74) is 0.963. The average Bonchev–Trinajstić information content (AvgIpc) is 2.38. The highest BCUT2D eigenvalue weighted by Crippen LogP contribution is 2.11. The van der Waals surface area contributed by atoms with Crippen LogP contribution in [0.2, 0.25) is 0 Å². The second kappa shape index (κ2) is 8.85. The molecular formula is C13H16BrNO3.